The van der Waals surface area contributed by atoms with E-state index < -0.39 is 11.4 Å². The second kappa shape index (κ2) is 9.53. The van der Waals surface area contributed by atoms with Gasteiger partial charge in [0, 0.05) is 30.6 Å². The van der Waals surface area contributed by atoms with Crippen molar-refractivity contribution < 1.29 is 9.18 Å². The van der Waals surface area contributed by atoms with Crippen molar-refractivity contribution >= 4 is 11.6 Å². The van der Waals surface area contributed by atoms with E-state index in [1.54, 1.807) is 12.1 Å². The molecule has 0 unspecified atom stereocenters. The Hall–Kier alpha value is -4.19. The fraction of sp³-hybridized carbons (Fsp3) is 0.111. The molecule has 0 radical (unpaired) electrons. The number of rotatable bonds is 6. The van der Waals surface area contributed by atoms with Gasteiger partial charge in [-0.25, -0.2) is 4.39 Å². The lowest BCUT2D eigenvalue weighted by Crippen LogP contribution is -2.28. The van der Waals surface area contributed by atoms with Crippen molar-refractivity contribution in [2.75, 3.05) is 12.4 Å². The van der Waals surface area contributed by atoms with Gasteiger partial charge in [-0.05, 0) is 48.4 Å². The molecule has 4 aromatic rings. The molecular formula is C27H24FN3O2. The first-order chi connectivity index (χ1) is 16.0. The molecule has 3 aromatic carbocycles. The van der Waals surface area contributed by atoms with Crippen LogP contribution in [0.3, 0.4) is 0 Å². The summed E-state index contributed by atoms with van der Waals surface area (Å²) < 4.78 is 15.3. The Kier molecular flexibility index (Phi) is 6.36. The molecule has 0 aliphatic heterocycles. The number of carbonyl (C=O) groups is 1. The molecule has 2 N–H and O–H groups in total. The minimum Gasteiger partial charge on any atom is -0.388 e. The van der Waals surface area contributed by atoms with Crippen molar-refractivity contribution in [1.29, 1.82) is 0 Å². The van der Waals surface area contributed by atoms with Gasteiger partial charge in [-0.15, -0.1) is 0 Å². The molecule has 33 heavy (non-hydrogen) atoms. The predicted molar refractivity (Wildman–Crippen MR) is 129 cm³/mol. The molecule has 0 saturated heterocycles. The summed E-state index contributed by atoms with van der Waals surface area (Å²) in [6, 6.07) is 24.4. The summed E-state index contributed by atoms with van der Waals surface area (Å²) in [7, 11) is 1.88. The van der Waals surface area contributed by atoms with Gasteiger partial charge in [-0.3, -0.25) is 14.2 Å². The summed E-state index contributed by atoms with van der Waals surface area (Å²) in [6.45, 7) is 1.90. The van der Waals surface area contributed by atoms with E-state index in [-0.39, 0.29) is 23.2 Å². The van der Waals surface area contributed by atoms with Crippen LogP contribution in [-0.4, -0.2) is 17.5 Å². The highest BCUT2D eigenvalue weighted by atomic mass is 19.1. The quantitative estimate of drug-likeness (QED) is 0.434. The summed E-state index contributed by atoms with van der Waals surface area (Å²) in [5.74, 6) is -0.891. The van der Waals surface area contributed by atoms with Crippen molar-refractivity contribution in [3.63, 3.8) is 0 Å². The SMILES string of the molecule is CNc1ccccc1-c1cccc([C@@H](C)NC(=O)c2ccc(=O)n(-c3ccccc3F)c2)c1. The standard InChI is InChI=1S/C27H24FN3O2/c1-18(19-8-7-9-20(16-19)22-10-3-5-12-24(22)29-2)30-27(33)21-14-15-26(32)31(17-21)25-13-6-4-11-23(25)28/h3-18,29H,1-2H3,(H,30,33)/t18-/m1/s1. The smallest absolute Gasteiger partial charge is 0.255 e. The molecule has 166 valence electrons. The fourth-order valence-electron chi connectivity index (χ4n) is 3.75. The van der Waals surface area contributed by atoms with Gasteiger partial charge in [-0.1, -0.05) is 48.5 Å². The van der Waals surface area contributed by atoms with Gasteiger partial charge >= 0.3 is 0 Å². The van der Waals surface area contributed by atoms with Gasteiger partial charge < -0.3 is 10.6 Å². The summed E-state index contributed by atoms with van der Waals surface area (Å²) in [5, 5.41) is 6.17. The molecule has 0 saturated carbocycles. The third kappa shape index (κ3) is 4.70. The minimum absolute atomic E-state index is 0.0982. The number of halogens is 1. The second-order valence-corrected chi connectivity index (χ2v) is 7.69. The van der Waals surface area contributed by atoms with Crippen LogP contribution in [0.15, 0.2) is 95.9 Å². The zero-order valence-corrected chi connectivity index (χ0v) is 18.4. The molecule has 0 fully saturated rings. The van der Waals surface area contributed by atoms with E-state index in [4.69, 9.17) is 0 Å². The van der Waals surface area contributed by atoms with Crippen LogP contribution in [0, 0.1) is 5.82 Å². The molecule has 6 heteroatoms. The van der Waals surface area contributed by atoms with Crippen LogP contribution in [-0.2, 0) is 0 Å². The Morgan fingerprint density at radius 1 is 0.939 bits per heavy atom. The number of aromatic nitrogens is 1. The Bertz CT molecular complexity index is 1360. The third-order valence-electron chi connectivity index (χ3n) is 5.53. The van der Waals surface area contributed by atoms with E-state index in [1.165, 1.54) is 30.5 Å². The number of nitrogens with one attached hydrogen (secondary N) is 2. The first-order valence-corrected chi connectivity index (χ1v) is 10.6. The van der Waals surface area contributed by atoms with Crippen molar-refractivity contribution in [3.8, 4) is 16.8 Å². The highest BCUT2D eigenvalue weighted by Crippen LogP contribution is 2.29. The number of amides is 1. The summed E-state index contributed by atoms with van der Waals surface area (Å²) in [4.78, 5) is 25.2. The molecular weight excluding hydrogens is 417 g/mol. The van der Waals surface area contributed by atoms with Gasteiger partial charge in [0.25, 0.3) is 11.5 Å². The normalized spacial score (nSPS) is 11.6. The van der Waals surface area contributed by atoms with Gasteiger partial charge in [0.1, 0.15) is 5.82 Å². The van der Waals surface area contributed by atoms with Crippen molar-refractivity contribution in [3.05, 3.63) is 118 Å². The summed E-state index contributed by atoms with van der Waals surface area (Å²) in [6.07, 6.45) is 1.36. The average Bonchev–Trinajstić information content (AvgIpc) is 2.84. The maximum Gasteiger partial charge on any atom is 0.255 e. The third-order valence-corrected chi connectivity index (χ3v) is 5.53. The average molecular weight is 442 g/mol. The van der Waals surface area contributed by atoms with Crippen LogP contribution >= 0.6 is 0 Å². The van der Waals surface area contributed by atoms with E-state index in [2.05, 4.69) is 10.6 Å². The molecule has 4 rings (SSSR count). The predicted octanol–water partition coefficient (Wildman–Crippen LogP) is 5.18. The number of hydrogen-bond donors (Lipinski definition) is 2. The largest absolute Gasteiger partial charge is 0.388 e. The molecule has 0 spiro atoms. The molecule has 0 bridgehead atoms. The Balaban J connectivity index is 1.58. The molecule has 1 atom stereocenters. The van der Waals surface area contributed by atoms with Crippen LogP contribution in [0.1, 0.15) is 28.9 Å². The Labute approximate surface area is 191 Å². The highest BCUT2D eigenvalue weighted by molar-refractivity contribution is 5.94. The van der Waals surface area contributed by atoms with E-state index in [0.717, 1.165) is 26.9 Å². The Morgan fingerprint density at radius 3 is 2.48 bits per heavy atom. The zero-order valence-electron chi connectivity index (χ0n) is 18.4. The lowest BCUT2D eigenvalue weighted by Gasteiger charge is -2.17. The number of nitrogens with zero attached hydrogens (tertiary/aromatic N) is 1. The van der Waals surface area contributed by atoms with Gasteiger partial charge in [-0.2, -0.15) is 0 Å². The molecule has 5 nitrogen and oxygen atoms in total. The van der Waals surface area contributed by atoms with E-state index in [1.807, 2.05) is 62.5 Å². The second-order valence-electron chi connectivity index (χ2n) is 7.69. The van der Waals surface area contributed by atoms with Crippen LogP contribution in [0.25, 0.3) is 16.8 Å². The molecule has 0 aliphatic carbocycles. The maximum atomic E-state index is 14.2. The highest BCUT2D eigenvalue weighted by Gasteiger charge is 2.15. The number of para-hydroxylation sites is 2. The molecule has 1 aromatic heterocycles. The van der Waals surface area contributed by atoms with Gasteiger partial charge in [0.05, 0.1) is 17.3 Å². The van der Waals surface area contributed by atoms with Gasteiger partial charge in [0.15, 0.2) is 0 Å². The van der Waals surface area contributed by atoms with Crippen LogP contribution in [0.2, 0.25) is 0 Å². The van der Waals surface area contributed by atoms with Crippen LogP contribution in [0.4, 0.5) is 10.1 Å². The first-order valence-electron chi connectivity index (χ1n) is 10.6. The minimum atomic E-state index is -0.538. The van der Waals surface area contributed by atoms with Crippen LogP contribution in [0.5, 0.6) is 0 Å². The Morgan fingerprint density at radius 2 is 1.70 bits per heavy atom. The molecule has 1 amide bonds. The lowest BCUT2D eigenvalue weighted by molar-refractivity contribution is 0.0939. The number of benzene rings is 3. The number of carbonyl (C=O) groups excluding carboxylic acids is 1. The number of hydrogen-bond acceptors (Lipinski definition) is 3. The number of anilines is 1. The van der Waals surface area contributed by atoms with Crippen molar-refractivity contribution in [1.82, 2.24) is 9.88 Å². The van der Waals surface area contributed by atoms with E-state index >= 15 is 0 Å². The first kappa shape index (κ1) is 22.0. The van der Waals surface area contributed by atoms with Crippen LogP contribution < -0.4 is 16.2 Å². The lowest BCUT2D eigenvalue weighted by atomic mass is 9.98. The topological polar surface area (TPSA) is 63.1 Å². The summed E-state index contributed by atoms with van der Waals surface area (Å²) >= 11 is 0. The fourth-order valence-corrected chi connectivity index (χ4v) is 3.75. The summed E-state index contributed by atoms with van der Waals surface area (Å²) in [5.41, 5.74) is 4.00. The number of pyridine rings is 1. The maximum absolute atomic E-state index is 14.2. The molecule has 1 heterocycles. The van der Waals surface area contributed by atoms with Crippen molar-refractivity contribution in [2.45, 2.75) is 13.0 Å². The van der Waals surface area contributed by atoms with E-state index in [0.29, 0.717) is 0 Å². The van der Waals surface area contributed by atoms with E-state index in [9.17, 15) is 14.0 Å². The molecule has 0 aliphatic rings. The monoisotopic (exact) mass is 441 g/mol. The zero-order chi connectivity index (χ0) is 23.4. The van der Waals surface area contributed by atoms with Crippen molar-refractivity contribution in [2.24, 2.45) is 0 Å². The van der Waals surface area contributed by atoms with Gasteiger partial charge in [0.2, 0.25) is 0 Å².